The summed E-state index contributed by atoms with van der Waals surface area (Å²) in [5, 5.41) is 0. The number of aromatic nitrogens is 2. The lowest BCUT2D eigenvalue weighted by Gasteiger charge is -2.36. The number of carbonyl (C=O) groups excluding carboxylic acids is 1. The van der Waals surface area contributed by atoms with Gasteiger partial charge in [0.25, 0.3) is 0 Å². The summed E-state index contributed by atoms with van der Waals surface area (Å²) in [6.07, 6.45) is 8.42. The fraction of sp³-hybridized carbons (Fsp3) is 0.737. The average molecular weight is 344 g/mol. The second-order valence-electron chi connectivity index (χ2n) is 7.84. The van der Waals surface area contributed by atoms with Crippen molar-refractivity contribution in [2.45, 2.75) is 39.2 Å². The van der Waals surface area contributed by atoms with Crippen LogP contribution in [0, 0.1) is 18.3 Å². The van der Waals surface area contributed by atoms with Gasteiger partial charge in [-0.2, -0.15) is 0 Å². The Balaban J connectivity index is 1.42. The molecule has 6 heteroatoms. The normalized spacial score (nSPS) is 30.3. The Bertz CT molecular complexity index is 614. The van der Waals surface area contributed by atoms with Gasteiger partial charge in [0, 0.05) is 50.1 Å². The van der Waals surface area contributed by atoms with Crippen molar-refractivity contribution in [2.75, 3.05) is 39.4 Å². The Kier molecular flexibility index (Phi) is 4.73. The molecular weight excluding hydrogens is 316 g/mol. The van der Waals surface area contributed by atoms with Gasteiger partial charge in [0.05, 0.1) is 13.2 Å². The van der Waals surface area contributed by atoms with E-state index in [1.807, 2.05) is 24.2 Å². The highest BCUT2D eigenvalue weighted by Crippen LogP contribution is 2.50. The van der Waals surface area contributed by atoms with Gasteiger partial charge in [-0.25, -0.2) is 9.97 Å². The van der Waals surface area contributed by atoms with E-state index in [2.05, 4.69) is 14.9 Å². The molecule has 2 aliphatic heterocycles. The third-order valence-corrected chi connectivity index (χ3v) is 6.23. The van der Waals surface area contributed by atoms with Crippen LogP contribution in [0.2, 0.25) is 0 Å². The molecule has 0 aromatic carbocycles. The van der Waals surface area contributed by atoms with Gasteiger partial charge in [0.1, 0.15) is 5.82 Å². The van der Waals surface area contributed by atoms with E-state index in [4.69, 9.17) is 4.74 Å². The maximum Gasteiger partial charge on any atom is 0.226 e. The number of rotatable bonds is 3. The number of amides is 1. The fourth-order valence-electron chi connectivity index (χ4n) is 4.90. The zero-order valence-corrected chi connectivity index (χ0v) is 15.1. The van der Waals surface area contributed by atoms with Gasteiger partial charge < -0.3 is 9.64 Å². The van der Waals surface area contributed by atoms with Crippen molar-refractivity contribution < 1.29 is 9.53 Å². The highest BCUT2D eigenvalue weighted by molar-refractivity contribution is 5.80. The highest BCUT2D eigenvalue weighted by atomic mass is 16.5. The van der Waals surface area contributed by atoms with Gasteiger partial charge in [-0.3, -0.25) is 9.69 Å². The number of nitrogens with zero attached hydrogens (tertiary/aromatic N) is 4. The van der Waals surface area contributed by atoms with E-state index in [9.17, 15) is 4.79 Å². The zero-order chi connectivity index (χ0) is 17.3. The number of morpholine rings is 1. The van der Waals surface area contributed by atoms with Crippen LogP contribution >= 0.6 is 0 Å². The first-order valence-electron chi connectivity index (χ1n) is 9.53. The van der Waals surface area contributed by atoms with E-state index in [0.717, 1.165) is 57.0 Å². The number of ether oxygens (including phenoxy) is 1. The molecule has 3 heterocycles. The monoisotopic (exact) mass is 344 g/mol. The lowest BCUT2D eigenvalue weighted by atomic mass is 9.76. The third-order valence-electron chi connectivity index (χ3n) is 6.23. The van der Waals surface area contributed by atoms with Crippen LogP contribution < -0.4 is 0 Å². The molecule has 1 spiro atoms. The van der Waals surface area contributed by atoms with Crippen molar-refractivity contribution in [1.29, 1.82) is 0 Å². The van der Waals surface area contributed by atoms with Crippen LogP contribution in [0.15, 0.2) is 12.4 Å². The molecule has 1 aliphatic carbocycles. The number of hydrogen-bond acceptors (Lipinski definition) is 5. The molecule has 3 fully saturated rings. The molecule has 25 heavy (non-hydrogen) atoms. The molecule has 1 aromatic rings. The summed E-state index contributed by atoms with van der Waals surface area (Å²) in [5.41, 5.74) is 1.35. The van der Waals surface area contributed by atoms with Gasteiger partial charge in [0.15, 0.2) is 0 Å². The predicted octanol–water partition coefficient (Wildman–Crippen LogP) is 1.64. The van der Waals surface area contributed by atoms with Crippen LogP contribution in [0.4, 0.5) is 0 Å². The summed E-state index contributed by atoms with van der Waals surface area (Å²) in [6.45, 7) is 7.79. The second kappa shape index (κ2) is 7.00. The largest absolute Gasteiger partial charge is 0.378 e. The molecular formula is C19H28N4O2. The highest BCUT2D eigenvalue weighted by Gasteiger charge is 2.51. The summed E-state index contributed by atoms with van der Waals surface area (Å²) in [5.74, 6) is 1.39. The first-order valence-corrected chi connectivity index (χ1v) is 9.53. The SMILES string of the molecule is Cc1ncc(CN2CC[C@]3(CCC[C@H]3C(=O)N3CCOCC3)C2)cn1. The average Bonchev–Trinajstić information content (AvgIpc) is 3.24. The molecule has 0 bridgehead atoms. The molecule has 1 saturated carbocycles. The van der Waals surface area contributed by atoms with Crippen LogP contribution in [0.5, 0.6) is 0 Å². The summed E-state index contributed by atoms with van der Waals surface area (Å²) in [6, 6.07) is 0. The lowest BCUT2D eigenvalue weighted by molar-refractivity contribution is -0.143. The maximum atomic E-state index is 13.1. The van der Waals surface area contributed by atoms with Gasteiger partial charge in [0.2, 0.25) is 5.91 Å². The number of hydrogen-bond donors (Lipinski definition) is 0. The number of carbonyl (C=O) groups is 1. The second-order valence-corrected chi connectivity index (χ2v) is 7.84. The minimum atomic E-state index is 0.181. The van der Waals surface area contributed by atoms with E-state index in [1.165, 1.54) is 12.8 Å². The fourth-order valence-corrected chi connectivity index (χ4v) is 4.90. The van der Waals surface area contributed by atoms with E-state index in [1.54, 1.807) is 0 Å². The molecule has 0 radical (unpaired) electrons. The van der Waals surface area contributed by atoms with Crippen LogP contribution in [0.1, 0.15) is 37.1 Å². The Morgan fingerprint density at radius 1 is 1.24 bits per heavy atom. The molecule has 2 saturated heterocycles. The lowest BCUT2D eigenvalue weighted by Crippen LogP contribution is -2.47. The topological polar surface area (TPSA) is 58.6 Å². The third kappa shape index (κ3) is 3.42. The first kappa shape index (κ1) is 16.9. The zero-order valence-electron chi connectivity index (χ0n) is 15.1. The van der Waals surface area contributed by atoms with Crippen molar-refractivity contribution in [1.82, 2.24) is 19.8 Å². The molecule has 136 valence electrons. The van der Waals surface area contributed by atoms with Gasteiger partial charge in [-0.15, -0.1) is 0 Å². The first-order chi connectivity index (χ1) is 12.2. The van der Waals surface area contributed by atoms with Crippen LogP contribution in [-0.2, 0) is 16.1 Å². The molecule has 2 atom stereocenters. The molecule has 6 nitrogen and oxygen atoms in total. The Labute approximate surface area is 149 Å². The quantitative estimate of drug-likeness (QED) is 0.834. The summed E-state index contributed by atoms with van der Waals surface area (Å²) in [7, 11) is 0. The molecule has 1 amide bonds. The van der Waals surface area contributed by atoms with E-state index in [0.29, 0.717) is 19.1 Å². The molecule has 0 unspecified atom stereocenters. The van der Waals surface area contributed by atoms with Gasteiger partial charge in [-0.1, -0.05) is 6.42 Å². The Hall–Kier alpha value is -1.53. The minimum Gasteiger partial charge on any atom is -0.378 e. The number of aryl methyl sites for hydroxylation is 1. The predicted molar refractivity (Wildman–Crippen MR) is 93.8 cm³/mol. The molecule has 3 aliphatic rings. The Morgan fingerprint density at radius 2 is 2.00 bits per heavy atom. The van der Waals surface area contributed by atoms with Crippen molar-refractivity contribution in [3.8, 4) is 0 Å². The molecule has 4 rings (SSSR count). The van der Waals surface area contributed by atoms with Gasteiger partial charge in [-0.05, 0) is 38.1 Å². The maximum absolute atomic E-state index is 13.1. The minimum absolute atomic E-state index is 0.181. The van der Waals surface area contributed by atoms with Crippen molar-refractivity contribution in [3.63, 3.8) is 0 Å². The van der Waals surface area contributed by atoms with Crippen molar-refractivity contribution in [3.05, 3.63) is 23.8 Å². The van der Waals surface area contributed by atoms with E-state index < -0.39 is 0 Å². The van der Waals surface area contributed by atoms with E-state index in [-0.39, 0.29) is 11.3 Å². The van der Waals surface area contributed by atoms with Crippen molar-refractivity contribution in [2.24, 2.45) is 11.3 Å². The van der Waals surface area contributed by atoms with Crippen LogP contribution in [0.3, 0.4) is 0 Å². The number of likely N-dealkylation sites (tertiary alicyclic amines) is 1. The molecule has 1 aromatic heterocycles. The molecule has 0 N–H and O–H groups in total. The van der Waals surface area contributed by atoms with Crippen LogP contribution in [0.25, 0.3) is 0 Å². The summed E-state index contributed by atoms with van der Waals surface area (Å²) < 4.78 is 5.41. The standard InChI is InChI=1S/C19H28N4O2/c1-15-20-11-16(12-21-15)13-22-6-5-19(14-22)4-2-3-17(19)18(24)23-7-9-25-10-8-23/h11-12,17H,2-10,13-14H2,1H3/t17-,19+/m0/s1. The van der Waals surface area contributed by atoms with Crippen molar-refractivity contribution >= 4 is 5.91 Å². The van der Waals surface area contributed by atoms with E-state index >= 15 is 0 Å². The van der Waals surface area contributed by atoms with Gasteiger partial charge >= 0.3 is 0 Å². The summed E-state index contributed by atoms with van der Waals surface area (Å²) >= 11 is 0. The smallest absolute Gasteiger partial charge is 0.226 e. The Morgan fingerprint density at radius 3 is 2.76 bits per heavy atom. The van der Waals surface area contributed by atoms with Crippen LogP contribution in [-0.4, -0.2) is 65.1 Å². The summed E-state index contributed by atoms with van der Waals surface area (Å²) in [4.78, 5) is 26.2.